The van der Waals surface area contributed by atoms with Gasteiger partial charge in [-0.1, -0.05) is 18.2 Å². The Bertz CT molecular complexity index is 950. The van der Waals surface area contributed by atoms with E-state index in [1.807, 2.05) is 6.07 Å². The SMILES string of the molecule is CC1(C)C(=O)C(C(=O)NCC(=O)O)C(=O)c2ccc(-c3cccnc3)cc21. The molecule has 7 heteroatoms. The predicted octanol–water partition coefficient (Wildman–Crippen LogP) is 1.61. The van der Waals surface area contributed by atoms with Gasteiger partial charge in [0.05, 0.1) is 5.41 Å². The highest BCUT2D eigenvalue weighted by Crippen LogP contribution is 2.39. The van der Waals surface area contributed by atoms with E-state index in [2.05, 4.69) is 10.3 Å². The third-order valence-electron chi connectivity index (χ3n) is 4.77. The summed E-state index contributed by atoms with van der Waals surface area (Å²) in [7, 11) is 0. The number of amides is 1. The van der Waals surface area contributed by atoms with Crippen LogP contribution in [0.1, 0.15) is 29.8 Å². The lowest BCUT2D eigenvalue weighted by atomic mass is 9.66. The number of rotatable bonds is 4. The van der Waals surface area contributed by atoms with Gasteiger partial charge in [0.15, 0.2) is 17.5 Å². The number of hydrogen-bond acceptors (Lipinski definition) is 5. The minimum absolute atomic E-state index is 0.294. The molecule has 0 spiro atoms. The van der Waals surface area contributed by atoms with Crippen LogP contribution >= 0.6 is 0 Å². The van der Waals surface area contributed by atoms with Crippen LogP contribution in [0.5, 0.6) is 0 Å². The molecule has 1 aliphatic carbocycles. The Kier molecular flexibility index (Phi) is 4.61. The summed E-state index contributed by atoms with van der Waals surface area (Å²) in [5.41, 5.74) is 1.41. The predicted molar refractivity (Wildman–Crippen MR) is 96.2 cm³/mol. The van der Waals surface area contributed by atoms with Crippen LogP contribution in [0.3, 0.4) is 0 Å². The average Bonchev–Trinajstić information content (AvgIpc) is 2.65. The smallest absolute Gasteiger partial charge is 0.322 e. The molecule has 0 radical (unpaired) electrons. The van der Waals surface area contributed by atoms with Gasteiger partial charge in [0.25, 0.3) is 0 Å². The molecule has 138 valence electrons. The third kappa shape index (κ3) is 3.23. The van der Waals surface area contributed by atoms with Gasteiger partial charge in [-0.05, 0) is 42.7 Å². The number of pyridine rings is 1. The van der Waals surface area contributed by atoms with E-state index in [-0.39, 0.29) is 0 Å². The number of aliphatic carboxylic acids is 1. The van der Waals surface area contributed by atoms with Crippen molar-refractivity contribution in [2.24, 2.45) is 5.92 Å². The fourth-order valence-corrected chi connectivity index (χ4v) is 3.26. The van der Waals surface area contributed by atoms with Gasteiger partial charge in [-0.15, -0.1) is 0 Å². The standard InChI is InChI=1S/C20H18N2O5/c1-20(2)14-8-11(12-4-3-7-21-9-12)5-6-13(14)17(25)16(18(20)26)19(27)22-10-15(23)24/h3-9,16H,10H2,1-2H3,(H,22,27)(H,23,24). The second-order valence-electron chi connectivity index (χ2n) is 6.90. The molecule has 7 nitrogen and oxygen atoms in total. The number of fused-ring (bicyclic) bond motifs is 1. The molecular formula is C20H18N2O5. The van der Waals surface area contributed by atoms with Crippen molar-refractivity contribution in [3.63, 3.8) is 0 Å². The summed E-state index contributed by atoms with van der Waals surface area (Å²) in [6.45, 7) is 2.67. The van der Waals surface area contributed by atoms with E-state index in [1.54, 1.807) is 50.5 Å². The molecule has 1 heterocycles. The highest BCUT2D eigenvalue weighted by molar-refractivity contribution is 6.29. The number of carboxylic acid groups (broad SMARTS) is 1. The van der Waals surface area contributed by atoms with Crippen LogP contribution < -0.4 is 5.32 Å². The third-order valence-corrected chi connectivity index (χ3v) is 4.77. The molecule has 2 N–H and O–H groups in total. The van der Waals surface area contributed by atoms with E-state index in [0.29, 0.717) is 11.1 Å². The number of carbonyl (C=O) groups is 4. The van der Waals surface area contributed by atoms with Crippen molar-refractivity contribution in [3.8, 4) is 11.1 Å². The maximum atomic E-state index is 12.9. The first-order valence-corrected chi connectivity index (χ1v) is 8.36. The zero-order valence-corrected chi connectivity index (χ0v) is 14.9. The number of carbonyl (C=O) groups excluding carboxylic acids is 3. The second kappa shape index (κ2) is 6.75. The monoisotopic (exact) mass is 366 g/mol. The van der Waals surface area contributed by atoms with Gasteiger partial charge in [0.1, 0.15) is 6.54 Å². The lowest BCUT2D eigenvalue weighted by molar-refractivity contribution is -0.140. The van der Waals surface area contributed by atoms with Gasteiger partial charge < -0.3 is 10.4 Å². The molecule has 27 heavy (non-hydrogen) atoms. The van der Waals surface area contributed by atoms with E-state index in [0.717, 1.165) is 11.1 Å². The number of Topliss-reactive ketones (excluding diaryl/α,β-unsaturated/α-hetero) is 2. The molecule has 1 aromatic carbocycles. The fourth-order valence-electron chi connectivity index (χ4n) is 3.26. The molecule has 0 saturated heterocycles. The van der Waals surface area contributed by atoms with E-state index < -0.39 is 41.3 Å². The Labute approximate surface area is 155 Å². The van der Waals surface area contributed by atoms with Crippen molar-refractivity contribution in [1.82, 2.24) is 10.3 Å². The van der Waals surface area contributed by atoms with E-state index >= 15 is 0 Å². The highest BCUT2D eigenvalue weighted by atomic mass is 16.4. The van der Waals surface area contributed by atoms with Crippen molar-refractivity contribution in [2.75, 3.05) is 6.54 Å². The maximum absolute atomic E-state index is 12.9. The minimum Gasteiger partial charge on any atom is -0.480 e. The Morgan fingerprint density at radius 3 is 2.56 bits per heavy atom. The van der Waals surface area contributed by atoms with E-state index in [9.17, 15) is 19.2 Å². The second-order valence-corrected chi connectivity index (χ2v) is 6.90. The number of ketones is 2. The number of carboxylic acids is 1. The lowest BCUT2D eigenvalue weighted by Gasteiger charge is -2.34. The van der Waals surface area contributed by atoms with Crippen LogP contribution in [-0.4, -0.2) is 40.1 Å². The van der Waals surface area contributed by atoms with Gasteiger partial charge in [-0.3, -0.25) is 24.2 Å². The molecule has 1 amide bonds. The molecule has 1 aliphatic rings. The number of benzene rings is 1. The Balaban J connectivity index is 2.04. The molecule has 1 atom stereocenters. The largest absolute Gasteiger partial charge is 0.480 e. The van der Waals surface area contributed by atoms with Crippen molar-refractivity contribution >= 4 is 23.4 Å². The van der Waals surface area contributed by atoms with Crippen LogP contribution in [0.15, 0.2) is 42.7 Å². The summed E-state index contributed by atoms with van der Waals surface area (Å²) < 4.78 is 0. The van der Waals surface area contributed by atoms with Gasteiger partial charge in [-0.25, -0.2) is 0 Å². The number of nitrogens with one attached hydrogen (secondary N) is 1. The topological polar surface area (TPSA) is 113 Å². The van der Waals surface area contributed by atoms with Crippen molar-refractivity contribution in [2.45, 2.75) is 19.3 Å². The zero-order valence-electron chi connectivity index (χ0n) is 14.9. The maximum Gasteiger partial charge on any atom is 0.322 e. The van der Waals surface area contributed by atoms with Crippen molar-refractivity contribution < 1.29 is 24.3 Å². The lowest BCUT2D eigenvalue weighted by Crippen LogP contribution is -2.51. The minimum atomic E-state index is -1.55. The normalized spacial score (nSPS) is 17.9. The molecule has 0 bridgehead atoms. The molecule has 2 aromatic rings. The molecule has 0 aliphatic heterocycles. The van der Waals surface area contributed by atoms with Crippen LogP contribution in [-0.2, 0) is 19.8 Å². The molecular weight excluding hydrogens is 348 g/mol. The van der Waals surface area contributed by atoms with Crippen LogP contribution in [0.4, 0.5) is 0 Å². The Hall–Kier alpha value is -3.35. The zero-order chi connectivity index (χ0) is 19.8. The van der Waals surface area contributed by atoms with Crippen LogP contribution in [0, 0.1) is 5.92 Å². The van der Waals surface area contributed by atoms with E-state index in [4.69, 9.17) is 5.11 Å². The molecule has 1 aromatic heterocycles. The number of aromatic nitrogens is 1. The van der Waals surface area contributed by atoms with E-state index in [1.165, 1.54) is 0 Å². The molecule has 0 saturated carbocycles. The summed E-state index contributed by atoms with van der Waals surface area (Å²) in [6, 6.07) is 8.78. The van der Waals surface area contributed by atoms with Gasteiger partial charge in [0, 0.05) is 18.0 Å². The summed E-state index contributed by atoms with van der Waals surface area (Å²) in [5, 5.41) is 10.8. The first-order valence-electron chi connectivity index (χ1n) is 8.36. The Morgan fingerprint density at radius 1 is 1.19 bits per heavy atom. The summed E-state index contributed by atoms with van der Waals surface area (Å²) >= 11 is 0. The molecule has 1 unspecified atom stereocenters. The number of nitrogens with zero attached hydrogens (tertiary/aromatic N) is 1. The first-order chi connectivity index (χ1) is 12.7. The molecule has 3 rings (SSSR count). The fraction of sp³-hybridized carbons (Fsp3) is 0.250. The van der Waals surface area contributed by atoms with Crippen molar-refractivity contribution in [1.29, 1.82) is 0 Å². The van der Waals surface area contributed by atoms with Gasteiger partial charge in [0.2, 0.25) is 5.91 Å². The Morgan fingerprint density at radius 2 is 1.93 bits per heavy atom. The number of hydrogen-bond donors (Lipinski definition) is 2. The van der Waals surface area contributed by atoms with Crippen LogP contribution in [0.2, 0.25) is 0 Å². The summed E-state index contributed by atoms with van der Waals surface area (Å²) in [4.78, 5) is 52.7. The van der Waals surface area contributed by atoms with Crippen molar-refractivity contribution in [3.05, 3.63) is 53.9 Å². The van der Waals surface area contributed by atoms with Gasteiger partial charge in [-0.2, -0.15) is 0 Å². The quantitative estimate of drug-likeness (QED) is 0.795. The summed E-state index contributed by atoms with van der Waals surface area (Å²) in [6.07, 6.45) is 3.34. The van der Waals surface area contributed by atoms with Crippen LogP contribution in [0.25, 0.3) is 11.1 Å². The summed E-state index contributed by atoms with van der Waals surface area (Å²) in [5.74, 6) is -4.85. The van der Waals surface area contributed by atoms with Gasteiger partial charge >= 0.3 is 5.97 Å². The first kappa shape index (κ1) is 18.4. The molecule has 0 fully saturated rings. The highest BCUT2D eigenvalue weighted by Gasteiger charge is 2.49. The average molecular weight is 366 g/mol.